The summed E-state index contributed by atoms with van der Waals surface area (Å²) in [5.74, 6) is 0. The first-order valence-corrected chi connectivity index (χ1v) is 3.02. The zero-order valence-electron chi connectivity index (χ0n) is 5.81. The number of hydrogen-bond donors (Lipinski definition) is 0. The lowest BCUT2D eigenvalue weighted by molar-refractivity contribution is 1.40. The van der Waals surface area contributed by atoms with Crippen molar-refractivity contribution in [3.05, 3.63) is 29.3 Å². The molecule has 44 valence electrons. The van der Waals surface area contributed by atoms with Crippen molar-refractivity contribution in [2.24, 2.45) is 0 Å². The van der Waals surface area contributed by atoms with E-state index in [1.807, 2.05) is 26.0 Å². The third-order valence-corrected chi connectivity index (χ3v) is 1.24. The molecule has 0 heterocycles. The Morgan fingerprint density at radius 1 is 1.00 bits per heavy atom. The lowest BCUT2D eigenvalue weighted by atomic mass is 9.93. The maximum absolute atomic E-state index is 5.56. The van der Waals surface area contributed by atoms with E-state index in [0.29, 0.717) is 0 Å². The quantitative estimate of drug-likeness (QED) is 0.445. The first-order chi connectivity index (χ1) is 4.18. The van der Waals surface area contributed by atoms with Crippen LogP contribution < -0.4 is 5.46 Å². The van der Waals surface area contributed by atoms with Gasteiger partial charge >= 0.3 is 0 Å². The molecule has 0 aromatic heterocycles. The zero-order chi connectivity index (χ0) is 6.85. The summed E-state index contributed by atoms with van der Waals surface area (Å²) in [6, 6.07) is 6.04. The molecule has 1 heteroatoms. The minimum Gasteiger partial charge on any atom is -0.0962 e. The number of benzene rings is 1. The van der Waals surface area contributed by atoms with Gasteiger partial charge in [-0.05, 0) is 13.8 Å². The molecule has 2 radical (unpaired) electrons. The largest absolute Gasteiger partial charge is 0.113 e. The van der Waals surface area contributed by atoms with Gasteiger partial charge in [0, 0.05) is 0 Å². The molecule has 0 nitrogen and oxygen atoms in total. The van der Waals surface area contributed by atoms with Crippen LogP contribution in [0.25, 0.3) is 0 Å². The fourth-order valence-electron chi connectivity index (χ4n) is 1.01. The molecular weight excluding hydrogens is 107 g/mol. The van der Waals surface area contributed by atoms with E-state index in [4.69, 9.17) is 7.85 Å². The molecule has 0 amide bonds. The smallest absolute Gasteiger partial charge is 0.0962 e. The normalized spacial score (nSPS) is 9.56. The first-order valence-electron chi connectivity index (χ1n) is 3.02. The molecule has 0 spiro atoms. The van der Waals surface area contributed by atoms with Crippen LogP contribution >= 0.6 is 0 Å². The van der Waals surface area contributed by atoms with Gasteiger partial charge in [0.15, 0.2) is 0 Å². The van der Waals surface area contributed by atoms with Gasteiger partial charge in [0.2, 0.25) is 0 Å². The molecule has 0 aliphatic carbocycles. The molecule has 0 bridgehead atoms. The van der Waals surface area contributed by atoms with Gasteiger partial charge in [0.1, 0.15) is 7.85 Å². The molecule has 0 unspecified atom stereocenters. The molecule has 0 N–H and O–H groups in total. The summed E-state index contributed by atoms with van der Waals surface area (Å²) in [5.41, 5.74) is 3.31. The van der Waals surface area contributed by atoms with E-state index in [0.717, 1.165) is 5.46 Å². The second kappa shape index (κ2) is 2.26. The molecule has 0 atom stereocenters. The Labute approximate surface area is 57.3 Å². The summed E-state index contributed by atoms with van der Waals surface area (Å²) in [4.78, 5) is 0. The highest BCUT2D eigenvalue weighted by molar-refractivity contribution is 6.32. The minimum atomic E-state index is 0.854. The topological polar surface area (TPSA) is 0 Å². The highest BCUT2D eigenvalue weighted by atomic mass is 13.9. The molecule has 1 aromatic rings. The summed E-state index contributed by atoms with van der Waals surface area (Å²) in [7, 11) is 5.56. The van der Waals surface area contributed by atoms with Crippen molar-refractivity contribution < 1.29 is 0 Å². The molecular formula is C8H9B. The van der Waals surface area contributed by atoms with Crippen molar-refractivity contribution in [1.29, 1.82) is 0 Å². The second-order valence-electron chi connectivity index (χ2n) is 2.42. The van der Waals surface area contributed by atoms with Gasteiger partial charge in [-0.2, -0.15) is 0 Å². The fourth-order valence-corrected chi connectivity index (χ4v) is 1.01. The maximum Gasteiger partial charge on any atom is 0.113 e. The summed E-state index contributed by atoms with van der Waals surface area (Å²) < 4.78 is 0. The Bertz CT molecular complexity index is 165. The second-order valence-corrected chi connectivity index (χ2v) is 2.42. The maximum atomic E-state index is 5.56. The summed E-state index contributed by atoms with van der Waals surface area (Å²) >= 11 is 0. The molecule has 0 fully saturated rings. The number of rotatable bonds is 0. The summed E-state index contributed by atoms with van der Waals surface area (Å²) in [6.45, 7) is 4.09. The minimum absolute atomic E-state index is 0.854. The molecule has 0 saturated heterocycles. The predicted octanol–water partition coefficient (Wildman–Crippen LogP) is 1.10. The Balaban J connectivity index is 3.17. The highest BCUT2D eigenvalue weighted by Crippen LogP contribution is 1.97. The van der Waals surface area contributed by atoms with Crippen LogP contribution in [-0.2, 0) is 0 Å². The van der Waals surface area contributed by atoms with Gasteiger partial charge in [-0.25, -0.2) is 0 Å². The van der Waals surface area contributed by atoms with E-state index >= 15 is 0 Å². The van der Waals surface area contributed by atoms with Crippen LogP contribution in [0.2, 0.25) is 0 Å². The average Bonchev–Trinajstić information content (AvgIpc) is 1.59. The van der Waals surface area contributed by atoms with E-state index in [-0.39, 0.29) is 0 Å². The summed E-state index contributed by atoms with van der Waals surface area (Å²) in [5, 5.41) is 0. The van der Waals surface area contributed by atoms with Crippen molar-refractivity contribution in [2.75, 3.05) is 0 Å². The number of hydrogen-bond acceptors (Lipinski definition) is 0. The van der Waals surface area contributed by atoms with Gasteiger partial charge in [0.05, 0.1) is 0 Å². The van der Waals surface area contributed by atoms with Crippen LogP contribution in [-0.4, -0.2) is 7.85 Å². The Kier molecular flexibility index (Phi) is 1.61. The molecule has 0 aliphatic rings. The van der Waals surface area contributed by atoms with Crippen LogP contribution in [0.4, 0.5) is 0 Å². The van der Waals surface area contributed by atoms with Gasteiger partial charge in [-0.1, -0.05) is 34.8 Å². The van der Waals surface area contributed by atoms with Crippen LogP contribution in [0.3, 0.4) is 0 Å². The molecule has 1 rings (SSSR count). The third-order valence-electron chi connectivity index (χ3n) is 1.24. The van der Waals surface area contributed by atoms with Gasteiger partial charge in [-0.15, -0.1) is 0 Å². The lowest BCUT2D eigenvalue weighted by Gasteiger charge is -1.97. The Morgan fingerprint density at radius 2 is 1.44 bits per heavy atom. The van der Waals surface area contributed by atoms with Gasteiger partial charge < -0.3 is 0 Å². The van der Waals surface area contributed by atoms with Crippen LogP contribution in [0, 0.1) is 13.8 Å². The summed E-state index contributed by atoms with van der Waals surface area (Å²) in [6.07, 6.45) is 0. The van der Waals surface area contributed by atoms with Crippen molar-refractivity contribution in [2.45, 2.75) is 13.8 Å². The predicted molar refractivity (Wildman–Crippen MR) is 41.3 cm³/mol. The molecule has 1 aromatic carbocycles. The molecule has 0 aliphatic heterocycles. The lowest BCUT2D eigenvalue weighted by Crippen LogP contribution is -2.02. The SMILES string of the molecule is [B]c1cc(C)cc(C)c1. The Morgan fingerprint density at radius 3 is 1.78 bits per heavy atom. The van der Waals surface area contributed by atoms with Gasteiger partial charge in [-0.3, -0.25) is 0 Å². The van der Waals surface area contributed by atoms with Crippen LogP contribution in [0.5, 0.6) is 0 Å². The van der Waals surface area contributed by atoms with E-state index in [1.165, 1.54) is 11.1 Å². The van der Waals surface area contributed by atoms with Crippen LogP contribution in [0.15, 0.2) is 18.2 Å². The highest BCUT2D eigenvalue weighted by Gasteiger charge is 1.87. The van der Waals surface area contributed by atoms with Crippen molar-refractivity contribution >= 4 is 13.3 Å². The van der Waals surface area contributed by atoms with Gasteiger partial charge in [0.25, 0.3) is 0 Å². The van der Waals surface area contributed by atoms with Crippen molar-refractivity contribution in [1.82, 2.24) is 0 Å². The van der Waals surface area contributed by atoms with E-state index < -0.39 is 0 Å². The number of aryl methyl sites for hydroxylation is 2. The van der Waals surface area contributed by atoms with Crippen molar-refractivity contribution in [3.63, 3.8) is 0 Å². The monoisotopic (exact) mass is 116 g/mol. The third kappa shape index (κ3) is 1.60. The zero-order valence-corrected chi connectivity index (χ0v) is 5.81. The standard InChI is InChI=1S/C8H9B/c1-6-3-7(2)5-8(9)4-6/h3-5H,1-2H3. The first kappa shape index (κ1) is 6.41. The fraction of sp³-hybridized carbons (Fsp3) is 0.250. The average molecular weight is 116 g/mol. The Hall–Kier alpha value is -0.715. The molecule has 9 heavy (non-hydrogen) atoms. The molecule has 0 saturated carbocycles. The van der Waals surface area contributed by atoms with Crippen LogP contribution in [0.1, 0.15) is 11.1 Å². The van der Waals surface area contributed by atoms with E-state index in [9.17, 15) is 0 Å². The van der Waals surface area contributed by atoms with Crippen molar-refractivity contribution in [3.8, 4) is 0 Å². The van der Waals surface area contributed by atoms with E-state index in [2.05, 4.69) is 6.07 Å². The van der Waals surface area contributed by atoms with E-state index in [1.54, 1.807) is 0 Å².